The number of thioether (sulfide) groups is 1. The van der Waals surface area contributed by atoms with Crippen LogP contribution in [0.25, 0.3) is 0 Å². The summed E-state index contributed by atoms with van der Waals surface area (Å²) in [7, 11) is 0. The molecule has 37 heavy (non-hydrogen) atoms. The Hall–Kier alpha value is -2.57. The second-order valence-corrected chi connectivity index (χ2v) is 11.7. The highest BCUT2D eigenvalue weighted by molar-refractivity contribution is 9.10. The van der Waals surface area contributed by atoms with Crippen molar-refractivity contribution in [2.45, 2.75) is 63.4 Å². The quantitative estimate of drug-likeness (QED) is 0.276. The van der Waals surface area contributed by atoms with Crippen LogP contribution < -0.4 is 5.32 Å². The van der Waals surface area contributed by atoms with Crippen molar-refractivity contribution in [2.24, 2.45) is 0 Å². The fourth-order valence-electron chi connectivity index (χ4n) is 4.78. The molecule has 0 aliphatic heterocycles. The van der Waals surface area contributed by atoms with Crippen molar-refractivity contribution in [1.29, 1.82) is 0 Å². The van der Waals surface area contributed by atoms with Crippen LogP contribution in [-0.4, -0.2) is 34.6 Å². The zero-order valence-corrected chi connectivity index (χ0v) is 23.8. The Kier molecular flexibility index (Phi) is 10.3. The fourth-order valence-corrected chi connectivity index (χ4v) is 6.09. The highest BCUT2D eigenvalue weighted by Crippen LogP contribution is 2.22. The highest BCUT2D eigenvalue weighted by atomic mass is 79.9. The second kappa shape index (κ2) is 13.8. The number of hydrogen-bond donors (Lipinski definition) is 1. The molecule has 1 saturated carbocycles. The lowest BCUT2D eigenvalue weighted by molar-refractivity contribution is -0.139. The van der Waals surface area contributed by atoms with Crippen LogP contribution in [-0.2, 0) is 28.3 Å². The second-order valence-electron chi connectivity index (χ2n) is 9.83. The number of carbonyl (C=O) groups is 2. The van der Waals surface area contributed by atoms with Gasteiger partial charge in [-0.25, -0.2) is 0 Å². The van der Waals surface area contributed by atoms with E-state index in [1.54, 1.807) is 16.7 Å². The maximum Gasteiger partial charge on any atom is 0.243 e. The molecule has 6 heteroatoms. The molecule has 0 spiro atoms. The highest BCUT2D eigenvalue weighted by Gasteiger charge is 2.32. The van der Waals surface area contributed by atoms with E-state index in [1.807, 2.05) is 54.6 Å². The molecule has 0 aromatic heterocycles. The minimum absolute atomic E-state index is 0.0143. The molecule has 0 unspecified atom stereocenters. The minimum Gasteiger partial charge on any atom is -0.352 e. The Morgan fingerprint density at radius 2 is 1.65 bits per heavy atom. The molecule has 0 bridgehead atoms. The molecule has 1 fully saturated rings. The standard InChI is InChI=1S/C31H35BrN2O2S/c1-23-14-16-25(17-15-23)21-37-22-30(35)34(20-26-10-7-11-27(32)18-26)29(19-24-8-3-2-4-9-24)31(36)33-28-12-5-6-13-28/h2-4,7-11,14-18,28-29H,5-6,12-13,19-22H2,1H3,(H,33,36)/t29-/m1/s1. The molecule has 3 aromatic rings. The summed E-state index contributed by atoms with van der Waals surface area (Å²) in [6, 6.07) is 26.0. The summed E-state index contributed by atoms with van der Waals surface area (Å²) in [6.45, 7) is 2.46. The molecule has 1 N–H and O–H groups in total. The zero-order valence-electron chi connectivity index (χ0n) is 21.4. The van der Waals surface area contributed by atoms with Gasteiger partial charge in [0.1, 0.15) is 6.04 Å². The summed E-state index contributed by atoms with van der Waals surface area (Å²) >= 11 is 5.15. The molecule has 194 valence electrons. The van der Waals surface area contributed by atoms with E-state index in [1.165, 1.54) is 11.1 Å². The maximum atomic E-state index is 13.8. The van der Waals surface area contributed by atoms with Crippen LogP contribution >= 0.6 is 27.7 Å². The number of amides is 2. The summed E-state index contributed by atoms with van der Waals surface area (Å²) in [5.41, 5.74) is 4.47. The number of hydrogen-bond acceptors (Lipinski definition) is 3. The molecule has 1 atom stereocenters. The number of nitrogens with zero attached hydrogens (tertiary/aromatic N) is 1. The first-order valence-corrected chi connectivity index (χ1v) is 14.9. The minimum atomic E-state index is -0.575. The number of halogens is 1. The topological polar surface area (TPSA) is 49.4 Å². The van der Waals surface area contributed by atoms with Crippen LogP contribution in [0.5, 0.6) is 0 Å². The Morgan fingerprint density at radius 1 is 0.946 bits per heavy atom. The van der Waals surface area contributed by atoms with E-state index in [-0.39, 0.29) is 17.9 Å². The molecular formula is C31H35BrN2O2S. The number of rotatable bonds is 11. The van der Waals surface area contributed by atoms with Crippen LogP contribution in [0.3, 0.4) is 0 Å². The average Bonchev–Trinajstić information content (AvgIpc) is 3.41. The lowest BCUT2D eigenvalue weighted by Gasteiger charge is -2.32. The van der Waals surface area contributed by atoms with E-state index < -0.39 is 6.04 Å². The van der Waals surface area contributed by atoms with E-state index in [0.717, 1.165) is 47.0 Å². The smallest absolute Gasteiger partial charge is 0.243 e. The van der Waals surface area contributed by atoms with Crippen molar-refractivity contribution in [3.05, 3.63) is 106 Å². The van der Waals surface area contributed by atoms with Crippen molar-refractivity contribution in [3.8, 4) is 0 Å². The first-order valence-electron chi connectivity index (χ1n) is 13.0. The van der Waals surface area contributed by atoms with Crippen molar-refractivity contribution < 1.29 is 9.59 Å². The number of benzene rings is 3. The van der Waals surface area contributed by atoms with Crippen LogP contribution in [0.4, 0.5) is 0 Å². The lowest BCUT2D eigenvalue weighted by atomic mass is 10.0. The van der Waals surface area contributed by atoms with Gasteiger partial charge in [0.05, 0.1) is 5.75 Å². The Balaban J connectivity index is 1.56. The van der Waals surface area contributed by atoms with Gasteiger partial charge in [0.2, 0.25) is 11.8 Å². The van der Waals surface area contributed by atoms with Gasteiger partial charge < -0.3 is 10.2 Å². The maximum absolute atomic E-state index is 13.8. The van der Waals surface area contributed by atoms with Crippen LogP contribution in [0, 0.1) is 6.92 Å². The van der Waals surface area contributed by atoms with E-state index in [4.69, 9.17) is 0 Å². The third-order valence-electron chi connectivity index (χ3n) is 6.83. The van der Waals surface area contributed by atoms with Gasteiger partial charge in [-0.15, -0.1) is 11.8 Å². The largest absolute Gasteiger partial charge is 0.352 e. The first kappa shape index (κ1) is 27.5. The number of aryl methyl sites for hydroxylation is 1. The van der Waals surface area contributed by atoms with E-state index in [0.29, 0.717) is 18.7 Å². The van der Waals surface area contributed by atoms with Gasteiger partial charge in [0, 0.05) is 29.2 Å². The SMILES string of the molecule is Cc1ccc(CSCC(=O)N(Cc2cccc(Br)c2)[C@H](Cc2ccccc2)C(=O)NC2CCCC2)cc1. The third-order valence-corrected chi connectivity index (χ3v) is 8.31. The van der Waals surface area contributed by atoms with Gasteiger partial charge in [0.25, 0.3) is 0 Å². The molecule has 4 nitrogen and oxygen atoms in total. The Bertz CT molecular complexity index is 1160. The predicted molar refractivity (Wildman–Crippen MR) is 156 cm³/mol. The molecule has 4 rings (SSSR count). The molecule has 0 radical (unpaired) electrons. The summed E-state index contributed by atoms with van der Waals surface area (Å²) in [5, 5.41) is 3.27. The molecule has 3 aromatic carbocycles. The molecule has 0 heterocycles. The monoisotopic (exact) mass is 578 g/mol. The molecule has 2 amide bonds. The molecule has 1 aliphatic rings. The van der Waals surface area contributed by atoms with Crippen LogP contribution in [0.2, 0.25) is 0 Å². The van der Waals surface area contributed by atoms with Crippen molar-refractivity contribution in [1.82, 2.24) is 10.2 Å². The van der Waals surface area contributed by atoms with E-state index in [9.17, 15) is 9.59 Å². The Labute approximate surface area is 233 Å². The van der Waals surface area contributed by atoms with Gasteiger partial charge in [-0.1, -0.05) is 101 Å². The Morgan fingerprint density at radius 3 is 2.35 bits per heavy atom. The van der Waals surface area contributed by atoms with Gasteiger partial charge in [-0.2, -0.15) is 0 Å². The van der Waals surface area contributed by atoms with Gasteiger partial charge in [-0.05, 0) is 48.6 Å². The van der Waals surface area contributed by atoms with E-state index >= 15 is 0 Å². The number of carbonyl (C=O) groups excluding carboxylic acids is 2. The van der Waals surface area contributed by atoms with Gasteiger partial charge in [0.15, 0.2) is 0 Å². The van der Waals surface area contributed by atoms with Crippen LogP contribution in [0.1, 0.15) is 47.9 Å². The summed E-state index contributed by atoms with van der Waals surface area (Å²) in [5.74, 6) is 1.01. The first-order chi connectivity index (χ1) is 18.0. The van der Waals surface area contributed by atoms with E-state index in [2.05, 4.69) is 52.4 Å². The van der Waals surface area contributed by atoms with Gasteiger partial charge in [-0.3, -0.25) is 9.59 Å². The van der Waals surface area contributed by atoms with Crippen molar-refractivity contribution in [3.63, 3.8) is 0 Å². The van der Waals surface area contributed by atoms with Crippen molar-refractivity contribution >= 4 is 39.5 Å². The predicted octanol–water partition coefficient (Wildman–Crippen LogP) is 6.69. The summed E-state index contributed by atoms with van der Waals surface area (Å²) in [6.07, 6.45) is 4.79. The zero-order chi connectivity index (χ0) is 26.0. The number of nitrogens with one attached hydrogen (secondary N) is 1. The normalized spacial score (nSPS) is 14.3. The van der Waals surface area contributed by atoms with Crippen molar-refractivity contribution in [2.75, 3.05) is 5.75 Å². The molecule has 0 saturated heterocycles. The summed E-state index contributed by atoms with van der Waals surface area (Å²) in [4.78, 5) is 29.3. The lowest BCUT2D eigenvalue weighted by Crippen LogP contribution is -2.52. The summed E-state index contributed by atoms with van der Waals surface area (Å²) < 4.78 is 0.959. The third kappa shape index (κ3) is 8.47. The van der Waals surface area contributed by atoms with Gasteiger partial charge >= 0.3 is 0 Å². The molecule has 1 aliphatic carbocycles. The average molecular weight is 580 g/mol. The molecular weight excluding hydrogens is 544 g/mol. The fraction of sp³-hybridized carbons (Fsp3) is 0.355. The van der Waals surface area contributed by atoms with Crippen LogP contribution in [0.15, 0.2) is 83.3 Å².